The first-order chi connectivity index (χ1) is 15.2. The third kappa shape index (κ3) is 4.77. The number of nitrogens with one attached hydrogen (secondary N) is 1. The molecule has 0 unspecified atom stereocenters. The Balaban J connectivity index is 1.55. The number of rotatable bonds is 7. The van der Waals surface area contributed by atoms with Crippen LogP contribution in [0.15, 0.2) is 42.7 Å². The number of thioether (sulfide) groups is 1. The maximum absolute atomic E-state index is 5.41. The van der Waals surface area contributed by atoms with Crippen molar-refractivity contribution in [1.29, 1.82) is 0 Å². The van der Waals surface area contributed by atoms with Gasteiger partial charge in [0.25, 0.3) is 0 Å². The highest BCUT2D eigenvalue weighted by Gasteiger charge is 2.15. The number of aromatic nitrogens is 3. The number of anilines is 3. The van der Waals surface area contributed by atoms with Crippen molar-refractivity contribution in [3.8, 4) is 28.5 Å². The van der Waals surface area contributed by atoms with Crippen LogP contribution in [0, 0.1) is 0 Å². The minimum absolute atomic E-state index is 0.462. The number of hydrogen-bond acceptors (Lipinski definition) is 9. The molecule has 0 spiro atoms. The van der Waals surface area contributed by atoms with Crippen LogP contribution < -0.4 is 24.4 Å². The molecule has 0 aliphatic carbocycles. The average Bonchev–Trinajstić information content (AvgIpc) is 2.84. The molecule has 0 bridgehead atoms. The summed E-state index contributed by atoms with van der Waals surface area (Å²) in [6.45, 7) is 2.07. The molecule has 31 heavy (non-hydrogen) atoms. The molecule has 2 aromatic heterocycles. The molecule has 3 heterocycles. The summed E-state index contributed by atoms with van der Waals surface area (Å²) in [7, 11) is 4.73. The highest BCUT2D eigenvalue weighted by Crippen LogP contribution is 2.40. The van der Waals surface area contributed by atoms with E-state index >= 15 is 0 Å². The third-order valence-electron chi connectivity index (χ3n) is 4.96. The zero-order valence-electron chi connectivity index (χ0n) is 17.8. The van der Waals surface area contributed by atoms with E-state index in [4.69, 9.17) is 14.2 Å². The van der Waals surface area contributed by atoms with Crippen molar-refractivity contribution in [3.63, 3.8) is 0 Å². The van der Waals surface area contributed by atoms with E-state index in [2.05, 4.69) is 37.3 Å². The van der Waals surface area contributed by atoms with Crippen LogP contribution in [0.1, 0.15) is 0 Å². The van der Waals surface area contributed by atoms with Gasteiger partial charge in [0.2, 0.25) is 11.7 Å². The fourth-order valence-electron chi connectivity index (χ4n) is 3.38. The average molecular weight is 440 g/mol. The van der Waals surface area contributed by atoms with Gasteiger partial charge < -0.3 is 24.4 Å². The van der Waals surface area contributed by atoms with Crippen LogP contribution in [0.2, 0.25) is 0 Å². The normalized spacial score (nSPS) is 13.6. The Hall–Kier alpha value is -3.20. The highest BCUT2D eigenvalue weighted by atomic mass is 32.2. The Morgan fingerprint density at radius 3 is 2.29 bits per heavy atom. The summed E-state index contributed by atoms with van der Waals surface area (Å²) in [6, 6.07) is 9.60. The van der Waals surface area contributed by atoms with Crippen molar-refractivity contribution < 1.29 is 14.2 Å². The molecular weight excluding hydrogens is 414 g/mol. The van der Waals surface area contributed by atoms with E-state index in [9.17, 15) is 0 Å². The van der Waals surface area contributed by atoms with Crippen molar-refractivity contribution in [2.75, 3.05) is 56.1 Å². The summed E-state index contributed by atoms with van der Waals surface area (Å²) in [6.07, 6.45) is 3.58. The second-order valence-corrected chi connectivity index (χ2v) is 8.03. The lowest BCUT2D eigenvalue weighted by atomic mass is 10.2. The second-order valence-electron chi connectivity index (χ2n) is 6.81. The lowest BCUT2D eigenvalue weighted by Gasteiger charge is -2.27. The largest absolute Gasteiger partial charge is 0.493 e. The van der Waals surface area contributed by atoms with Crippen molar-refractivity contribution in [3.05, 3.63) is 42.7 Å². The van der Waals surface area contributed by atoms with Gasteiger partial charge in [-0.3, -0.25) is 0 Å². The van der Waals surface area contributed by atoms with Gasteiger partial charge in [0, 0.05) is 60.4 Å². The molecule has 162 valence electrons. The van der Waals surface area contributed by atoms with Gasteiger partial charge in [-0.05, 0) is 18.2 Å². The number of methoxy groups -OCH3 is 3. The summed E-state index contributed by atoms with van der Waals surface area (Å²) in [5, 5.41) is 3.21. The molecule has 9 heteroatoms. The summed E-state index contributed by atoms with van der Waals surface area (Å²) >= 11 is 1.99. The number of pyridine rings is 1. The monoisotopic (exact) mass is 439 g/mol. The molecule has 0 atom stereocenters. The molecule has 3 aromatic rings. The van der Waals surface area contributed by atoms with Gasteiger partial charge >= 0.3 is 0 Å². The van der Waals surface area contributed by atoms with Crippen LogP contribution in [-0.2, 0) is 0 Å². The molecule has 0 radical (unpaired) electrons. The van der Waals surface area contributed by atoms with E-state index in [1.54, 1.807) is 27.5 Å². The summed E-state index contributed by atoms with van der Waals surface area (Å²) < 4.78 is 16.2. The lowest BCUT2D eigenvalue weighted by Crippen LogP contribution is -2.32. The van der Waals surface area contributed by atoms with Gasteiger partial charge in [0.15, 0.2) is 11.5 Å². The smallest absolute Gasteiger partial charge is 0.227 e. The molecule has 4 rings (SSSR count). The minimum Gasteiger partial charge on any atom is -0.493 e. The quantitative estimate of drug-likeness (QED) is 0.590. The van der Waals surface area contributed by atoms with Gasteiger partial charge in [0.1, 0.15) is 5.82 Å². The first kappa shape index (κ1) is 21.0. The molecule has 1 fully saturated rings. The fourth-order valence-corrected chi connectivity index (χ4v) is 4.28. The van der Waals surface area contributed by atoms with Gasteiger partial charge in [-0.25, -0.2) is 15.0 Å². The lowest BCUT2D eigenvalue weighted by molar-refractivity contribution is 0.324. The minimum atomic E-state index is 0.462. The van der Waals surface area contributed by atoms with Crippen LogP contribution in [0.25, 0.3) is 11.3 Å². The first-order valence-corrected chi connectivity index (χ1v) is 11.1. The topological polar surface area (TPSA) is 81.6 Å². The maximum Gasteiger partial charge on any atom is 0.227 e. The predicted octanol–water partition coefficient (Wildman–Crippen LogP) is 3.86. The van der Waals surface area contributed by atoms with E-state index < -0.39 is 0 Å². The molecule has 0 amide bonds. The van der Waals surface area contributed by atoms with Crippen molar-refractivity contribution in [1.82, 2.24) is 15.0 Å². The molecule has 1 saturated heterocycles. The Bertz CT molecular complexity index is 1000. The maximum atomic E-state index is 5.41. The Morgan fingerprint density at radius 1 is 0.935 bits per heavy atom. The van der Waals surface area contributed by atoms with Crippen LogP contribution in [0.4, 0.5) is 17.5 Å². The van der Waals surface area contributed by atoms with Crippen LogP contribution >= 0.6 is 11.8 Å². The number of benzene rings is 1. The van der Waals surface area contributed by atoms with Gasteiger partial charge in [-0.2, -0.15) is 11.8 Å². The van der Waals surface area contributed by atoms with Gasteiger partial charge in [-0.1, -0.05) is 0 Å². The van der Waals surface area contributed by atoms with Crippen molar-refractivity contribution >= 4 is 29.2 Å². The standard InChI is InChI=1S/C22H25N5O3S/c1-28-18-12-16(13-19(29-2)21(18)30-3)25-22-23-7-6-17(26-22)15-4-5-20(24-14-15)27-8-10-31-11-9-27/h4-7,12-14H,8-11H2,1-3H3,(H,23,25,26). The van der Waals surface area contributed by atoms with Gasteiger partial charge in [0.05, 0.1) is 27.0 Å². The number of hydrogen-bond donors (Lipinski definition) is 1. The number of ether oxygens (including phenoxy) is 3. The fraction of sp³-hybridized carbons (Fsp3) is 0.318. The van der Waals surface area contributed by atoms with Crippen molar-refractivity contribution in [2.45, 2.75) is 0 Å². The van der Waals surface area contributed by atoms with E-state index in [1.807, 2.05) is 36.2 Å². The summed E-state index contributed by atoms with van der Waals surface area (Å²) in [5.74, 6) is 5.39. The zero-order valence-corrected chi connectivity index (χ0v) is 18.6. The number of nitrogens with zero attached hydrogens (tertiary/aromatic N) is 4. The molecule has 1 aliphatic heterocycles. The predicted molar refractivity (Wildman–Crippen MR) is 124 cm³/mol. The third-order valence-corrected chi connectivity index (χ3v) is 5.90. The highest BCUT2D eigenvalue weighted by molar-refractivity contribution is 7.99. The molecule has 0 saturated carbocycles. The van der Waals surface area contributed by atoms with E-state index in [-0.39, 0.29) is 0 Å². The molecule has 8 nitrogen and oxygen atoms in total. The summed E-state index contributed by atoms with van der Waals surface area (Å²) in [4.78, 5) is 15.9. The SMILES string of the molecule is COc1cc(Nc2nccc(-c3ccc(N4CCSCC4)nc3)n2)cc(OC)c1OC. The van der Waals surface area contributed by atoms with Gasteiger partial charge in [-0.15, -0.1) is 0 Å². The first-order valence-electron chi connectivity index (χ1n) is 9.91. The van der Waals surface area contributed by atoms with E-state index in [0.717, 1.165) is 47.4 Å². The Labute approximate surface area is 186 Å². The molecule has 1 aromatic carbocycles. The molecule has 1 N–H and O–H groups in total. The Kier molecular flexibility index (Phi) is 6.61. The second kappa shape index (κ2) is 9.74. The van der Waals surface area contributed by atoms with Crippen LogP contribution in [0.5, 0.6) is 17.2 Å². The Morgan fingerprint density at radius 2 is 1.68 bits per heavy atom. The van der Waals surface area contributed by atoms with Crippen LogP contribution in [-0.4, -0.2) is 60.9 Å². The van der Waals surface area contributed by atoms with Crippen molar-refractivity contribution in [2.24, 2.45) is 0 Å². The zero-order chi connectivity index (χ0) is 21.6. The summed E-state index contributed by atoms with van der Waals surface area (Å²) in [5.41, 5.74) is 2.45. The van der Waals surface area contributed by atoms with Crippen LogP contribution in [0.3, 0.4) is 0 Å². The van der Waals surface area contributed by atoms with E-state index in [1.165, 1.54) is 0 Å². The van der Waals surface area contributed by atoms with E-state index in [0.29, 0.717) is 23.2 Å². The molecular formula is C22H25N5O3S. The molecule has 1 aliphatic rings.